The molecule has 0 bridgehead atoms. The molecule has 7 nitrogen and oxygen atoms in total. The first kappa shape index (κ1) is 13.3. The molecule has 0 fully saturated rings. The third kappa shape index (κ3) is 3.21. The van der Waals surface area contributed by atoms with Crippen molar-refractivity contribution in [3.05, 3.63) is 40.8 Å². The number of hydrazine groups is 1. The van der Waals surface area contributed by atoms with E-state index < -0.39 is 0 Å². The lowest BCUT2D eigenvalue weighted by atomic mass is 10.2. The van der Waals surface area contributed by atoms with Crippen LogP contribution >= 0.6 is 11.6 Å². The number of nitrogens with two attached hydrogens (primary N) is 1. The molecule has 0 aliphatic heterocycles. The minimum Gasteiger partial charge on any atom is -0.346 e. The van der Waals surface area contributed by atoms with E-state index in [0.717, 1.165) is 5.69 Å². The standard InChI is InChI=1S/C11H13ClN6O/c1-18-8(2-3-15-18)6-14-11(19)7-4-9(12)16-10(5-7)17-13/h2-5H,6,13H2,1H3,(H,14,19)(H,16,17). The summed E-state index contributed by atoms with van der Waals surface area (Å²) in [6.07, 6.45) is 1.67. The summed E-state index contributed by atoms with van der Waals surface area (Å²) in [5, 5.41) is 6.98. The lowest BCUT2D eigenvalue weighted by molar-refractivity contribution is 0.0950. The van der Waals surface area contributed by atoms with Gasteiger partial charge in [0.05, 0.1) is 12.2 Å². The number of pyridine rings is 1. The summed E-state index contributed by atoms with van der Waals surface area (Å²) in [5.74, 6) is 5.31. The second kappa shape index (κ2) is 5.68. The number of aromatic nitrogens is 3. The maximum Gasteiger partial charge on any atom is 0.251 e. The highest BCUT2D eigenvalue weighted by Gasteiger charge is 2.09. The number of amides is 1. The van der Waals surface area contributed by atoms with E-state index >= 15 is 0 Å². The Morgan fingerprint density at radius 2 is 2.32 bits per heavy atom. The largest absolute Gasteiger partial charge is 0.346 e. The summed E-state index contributed by atoms with van der Waals surface area (Å²) in [6, 6.07) is 4.82. The molecule has 1 amide bonds. The van der Waals surface area contributed by atoms with Gasteiger partial charge >= 0.3 is 0 Å². The molecule has 2 aromatic rings. The number of anilines is 1. The number of halogens is 1. The Morgan fingerprint density at radius 3 is 2.95 bits per heavy atom. The number of aryl methyl sites for hydroxylation is 1. The molecule has 0 radical (unpaired) electrons. The van der Waals surface area contributed by atoms with E-state index in [2.05, 4.69) is 20.8 Å². The van der Waals surface area contributed by atoms with Gasteiger partial charge in [0.25, 0.3) is 5.91 Å². The third-order valence-corrected chi connectivity index (χ3v) is 2.75. The Balaban J connectivity index is 2.08. The molecular formula is C11H13ClN6O. The van der Waals surface area contributed by atoms with Gasteiger partial charge in [-0.3, -0.25) is 9.48 Å². The van der Waals surface area contributed by atoms with Gasteiger partial charge in [0.15, 0.2) is 0 Å². The van der Waals surface area contributed by atoms with Crippen LogP contribution in [0.4, 0.5) is 5.82 Å². The van der Waals surface area contributed by atoms with Crippen LogP contribution < -0.4 is 16.6 Å². The smallest absolute Gasteiger partial charge is 0.251 e. The summed E-state index contributed by atoms with van der Waals surface area (Å²) < 4.78 is 1.69. The summed E-state index contributed by atoms with van der Waals surface area (Å²) in [7, 11) is 1.81. The van der Waals surface area contributed by atoms with Gasteiger partial charge in [-0.15, -0.1) is 0 Å². The van der Waals surface area contributed by atoms with E-state index in [1.165, 1.54) is 12.1 Å². The first-order valence-corrected chi connectivity index (χ1v) is 5.87. The average Bonchev–Trinajstić information content (AvgIpc) is 2.80. The van der Waals surface area contributed by atoms with Crippen molar-refractivity contribution >= 4 is 23.3 Å². The molecule has 0 saturated carbocycles. The van der Waals surface area contributed by atoms with Gasteiger partial charge in [-0.05, 0) is 18.2 Å². The number of carbonyl (C=O) groups is 1. The molecular weight excluding hydrogens is 268 g/mol. The van der Waals surface area contributed by atoms with Crippen molar-refractivity contribution in [3.63, 3.8) is 0 Å². The molecule has 100 valence electrons. The van der Waals surface area contributed by atoms with Gasteiger partial charge in [0.1, 0.15) is 11.0 Å². The predicted molar refractivity (Wildman–Crippen MR) is 71.4 cm³/mol. The lowest BCUT2D eigenvalue weighted by Gasteiger charge is -2.07. The van der Waals surface area contributed by atoms with E-state index in [1.54, 1.807) is 17.9 Å². The second-order valence-electron chi connectivity index (χ2n) is 3.84. The van der Waals surface area contributed by atoms with Crippen LogP contribution in [0.3, 0.4) is 0 Å². The fraction of sp³-hybridized carbons (Fsp3) is 0.182. The number of rotatable bonds is 4. The van der Waals surface area contributed by atoms with Crippen LogP contribution in [0, 0.1) is 0 Å². The number of carbonyl (C=O) groups excluding carboxylic acids is 1. The number of hydrogen-bond acceptors (Lipinski definition) is 5. The van der Waals surface area contributed by atoms with Gasteiger partial charge in [-0.25, -0.2) is 10.8 Å². The number of nitrogens with one attached hydrogen (secondary N) is 2. The molecule has 2 rings (SSSR count). The fourth-order valence-electron chi connectivity index (χ4n) is 1.55. The van der Waals surface area contributed by atoms with Crippen molar-refractivity contribution in [2.75, 3.05) is 5.43 Å². The van der Waals surface area contributed by atoms with Crippen molar-refractivity contribution in [2.24, 2.45) is 12.9 Å². The summed E-state index contributed by atoms with van der Waals surface area (Å²) in [6.45, 7) is 0.376. The Hall–Kier alpha value is -2.12. The molecule has 0 spiro atoms. The molecule has 0 unspecified atom stereocenters. The highest BCUT2D eigenvalue weighted by Crippen LogP contribution is 2.13. The minimum absolute atomic E-state index is 0.195. The molecule has 19 heavy (non-hydrogen) atoms. The van der Waals surface area contributed by atoms with E-state index in [-0.39, 0.29) is 11.1 Å². The molecule has 4 N–H and O–H groups in total. The van der Waals surface area contributed by atoms with Crippen molar-refractivity contribution in [1.29, 1.82) is 0 Å². The van der Waals surface area contributed by atoms with Gasteiger partial charge < -0.3 is 10.7 Å². The van der Waals surface area contributed by atoms with Crippen LogP contribution in [-0.2, 0) is 13.6 Å². The highest BCUT2D eigenvalue weighted by molar-refractivity contribution is 6.29. The van der Waals surface area contributed by atoms with E-state index in [4.69, 9.17) is 17.4 Å². The number of hydrogen-bond donors (Lipinski definition) is 3. The fourth-order valence-corrected chi connectivity index (χ4v) is 1.76. The zero-order valence-corrected chi connectivity index (χ0v) is 11.0. The van der Waals surface area contributed by atoms with Crippen LogP contribution in [0.1, 0.15) is 16.1 Å². The molecule has 2 heterocycles. The van der Waals surface area contributed by atoms with Crippen LogP contribution in [0.2, 0.25) is 5.15 Å². The molecule has 8 heteroatoms. The predicted octanol–water partition coefficient (Wildman–Crippen LogP) is 0.684. The van der Waals surface area contributed by atoms with Gasteiger partial charge in [0.2, 0.25) is 0 Å². The van der Waals surface area contributed by atoms with Gasteiger partial charge in [-0.1, -0.05) is 11.6 Å². The Bertz CT molecular complexity index is 597. The zero-order chi connectivity index (χ0) is 13.8. The topological polar surface area (TPSA) is 97.9 Å². The molecule has 2 aromatic heterocycles. The maximum absolute atomic E-state index is 12.0. The van der Waals surface area contributed by atoms with Crippen molar-refractivity contribution in [2.45, 2.75) is 6.54 Å². The Morgan fingerprint density at radius 1 is 1.53 bits per heavy atom. The third-order valence-electron chi connectivity index (χ3n) is 2.56. The monoisotopic (exact) mass is 280 g/mol. The quantitative estimate of drug-likeness (QED) is 0.435. The van der Waals surface area contributed by atoms with Crippen LogP contribution in [0.15, 0.2) is 24.4 Å². The van der Waals surface area contributed by atoms with Crippen LogP contribution in [-0.4, -0.2) is 20.7 Å². The first-order valence-electron chi connectivity index (χ1n) is 5.49. The van der Waals surface area contributed by atoms with Crippen LogP contribution in [0.25, 0.3) is 0 Å². The first-order chi connectivity index (χ1) is 9.10. The second-order valence-corrected chi connectivity index (χ2v) is 4.22. The van der Waals surface area contributed by atoms with Gasteiger partial charge in [-0.2, -0.15) is 5.10 Å². The summed E-state index contributed by atoms with van der Waals surface area (Å²) in [4.78, 5) is 15.9. The Labute approximate surface area is 114 Å². The molecule has 0 aliphatic carbocycles. The molecule has 0 atom stereocenters. The summed E-state index contributed by atoms with van der Waals surface area (Å²) >= 11 is 5.80. The molecule has 0 aromatic carbocycles. The zero-order valence-electron chi connectivity index (χ0n) is 10.2. The normalized spacial score (nSPS) is 10.3. The van der Waals surface area contributed by atoms with Crippen LogP contribution in [0.5, 0.6) is 0 Å². The van der Waals surface area contributed by atoms with Gasteiger partial charge in [0, 0.05) is 18.8 Å². The number of nitrogens with zero attached hydrogens (tertiary/aromatic N) is 3. The SMILES string of the molecule is Cn1nccc1CNC(=O)c1cc(Cl)nc(NN)c1. The maximum atomic E-state index is 12.0. The van der Waals surface area contributed by atoms with Crippen molar-refractivity contribution in [1.82, 2.24) is 20.1 Å². The summed E-state index contributed by atoms with van der Waals surface area (Å²) in [5.41, 5.74) is 3.63. The van der Waals surface area contributed by atoms with Crippen molar-refractivity contribution < 1.29 is 4.79 Å². The molecule has 0 aliphatic rings. The van der Waals surface area contributed by atoms with E-state index in [0.29, 0.717) is 17.9 Å². The average molecular weight is 281 g/mol. The number of nitrogen functional groups attached to an aromatic ring is 1. The van der Waals surface area contributed by atoms with E-state index in [9.17, 15) is 4.79 Å². The minimum atomic E-state index is -0.262. The van der Waals surface area contributed by atoms with Crippen molar-refractivity contribution in [3.8, 4) is 0 Å². The molecule has 0 saturated heterocycles. The highest BCUT2D eigenvalue weighted by atomic mass is 35.5. The lowest BCUT2D eigenvalue weighted by Crippen LogP contribution is -2.24. The van der Waals surface area contributed by atoms with E-state index in [1.807, 2.05) is 6.07 Å². The Kier molecular flexibility index (Phi) is 3.98.